The molecular formula is C13H17N. The first-order chi connectivity index (χ1) is 6.81. The Balaban J connectivity index is 2.10. The molecule has 2 aliphatic rings. The Hall–Kier alpha value is -0.980. The van der Waals surface area contributed by atoms with Crippen molar-refractivity contribution >= 4 is 5.69 Å². The maximum Gasteiger partial charge on any atom is 0.0381 e. The highest BCUT2D eigenvalue weighted by molar-refractivity contribution is 5.62. The highest BCUT2D eigenvalue weighted by atomic mass is 15.0. The number of hydrogen-bond acceptors (Lipinski definition) is 1. The molecule has 1 heterocycles. The number of nitrogens with one attached hydrogen (secondary N) is 1. The molecule has 1 heteroatoms. The molecule has 1 nitrogen and oxygen atoms in total. The zero-order chi connectivity index (χ0) is 9.60. The summed E-state index contributed by atoms with van der Waals surface area (Å²) in [4.78, 5) is 0. The molecule has 2 atom stereocenters. The van der Waals surface area contributed by atoms with Crippen LogP contribution < -0.4 is 5.32 Å². The smallest absolute Gasteiger partial charge is 0.0381 e. The van der Waals surface area contributed by atoms with Crippen LogP contribution in [-0.2, 0) is 5.41 Å². The van der Waals surface area contributed by atoms with Crippen molar-refractivity contribution in [3.63, 3.8) is 0 Å². The second-order valence-corrected chi connectivity index (χ2v) is 4.91. The lowest BCUT2D eigenvalue weighted by Gasteiger charge is -2.36. The lowest BCUT2D eigenvalue weighted by Crippen LogP contribution is -2.38. The fraction of sp³-hybridized carbons (Fsp3) is 0.538. The van der Waals surface area contributed by atoms with Crippen LogP contribution in [-0.4, -0.2) is 6.04 Å². The van der Waals surface area contributed by atoms with Crippen LogP contribution in [0.2, 0.25) is 0 Å². The average Bonchev–Trinajstić information content (AvgIpc) is 2.51. The minimum Gasteiger partial charge on any atom is -0.381 e. The van der Waals surface area contributed by atoms with E-state index in [1.807, 2.05) is 0 Å². The first kappa shape index (κ1) is 8.34. The number of hydrogen-bond donors (Lipinski definition) is 1. The number of fused-ring (bicyclic) bond motifs is 3. The summed E-state index contributed by atoms with van der Waals surface area (Å²) in [6.07, 6.45) is 5.47. The monoisotopic (exact) mass is 187 g/mol. The zero-order valence-electron chi connectivity index (χ0n) is 8.72. The molecule has 0 bridgehead atoms. The van der Waals surface area contributed by atoms with Crippen LogP contribution in [0.1, 0.15) is 38.2 Å². The first-order valence-electron chi connectivity index (χ1n) is 5.67. The Labute approximate surface area is 85.5 Å². The zero-order valence-corrected chi connectivity index (χ0v) is 8.72. The Kier molecular flexibility index (Phi) is 1.64. The summed E-state index contributed by atoms with van der Waals surface area (Å²) in [5, 5.41) is 3.68. The van der Waals surface area contributed by atoms with E-state index in [2.05, 4.69) is 36.5 Å². The normalized spacial score (nSPS) is 34.5. The molecule has 0 amide bonds. The molecule has 1 aliphatic heterocycles. The summed E-state index contributed by atoms with van der Waals surface area (Å²) in [6, 6.07) is 9.51. The van der Waals surface area contributed by atoms with E-state index < -0.39 is 0 Å². The second kappa shape index (κ2) is 2.75. The van der Waals surface area contributed by atoms with E-state index >= 15 is 0 Å². The predicted octanol–water partition coefficient (Wildman–Crippen LogP) is 3.31. The second-order valence-electron chi connectivity index (χ2n) is 4.91. The van der Waals surface area contributed by atoms with Gasteiger partial charge in [-0.15, -0.1) is 0 Å². The molecule has 1 aromatic rings. The van der Waals surface area contributed by atoms with Crippen molar-refractivity contribution in [3.05, 3.63) is 29.8 Å². The molecule has 0 radical (unpaired) electrons. The quantitative estimate of drug-likeness (QED) is 0.657. The van der Waals surface area contributed by atoms with Crippen LogP contribution in [0.4, 0.5) is 5.69 Å². The van der Waals surface area contributed by atoms with Gasteiger partial charge < -0.3 is 5.32 Å². The van der Waals surface area contributed by atoms with Crippen molar-refractivity contribution in [2.45, 2.75) is 44.1 Å². The van der Waals surface area contributed by atoms with Crippen LogP contribution >= 0.6 is 0 Å². The molecule has 0 unspecified atom stereocenters. The highest BCUT2D eigenvalue weighted by Crippen LogP contribution is 2.48. The molecule has 0 aromatic heterocycles. The molecule has 1 fully saturated rings. The van der Waals surface area contributed by atoms with Crippen LogP contribution in [0.5, 0.6) is 0 Å². The molecule has 1 N–H and O–H groups in total. The maximum absolute atomic E-state index is 3.68. The number of anilines is 1. The standard InChI is InChI=1S/C13H17N/c1-13-9-5-4-8-12(13)14-11-7-3-2-6-10(11)13/h2-3,6-7,12,14H,4-5,8-9H2,1H3/t12-,13-/m0/s1. The van der Waals surface area contributed by atoms with Gasteiger partial charge in [0, 0.05) is 17.1 Å². The topological polar surface area (TPSA) is 12.0 Å². The third kappa shape index (κ3) is 0.956. The Morgan fingerprint density at radius 2 is 2.14 bits per heavy atom. The number of para-hydroxylation sites is 1. The summed E-state index contributed by atoms with van der Waals surface area (Å²) >= 11 is 0. The van der Waals surface area contributed by atoms with E-state index in [4.69, 9.17) is 0 Å². The van der Waals surface area contributed by atoms with Crippen molar-refractivity contribution in [1.29, 1.82) is 0 Å². The van der Waals surface area contributed by atoms with Crippen molar-refractivity contribution in [1.82, 2.24) is 0 Å². The Morgan fingerprint density at radius 1 is 1.29 bits per heavy atom. The van der Waals surface area contributed by atoms with Gasteiger partial charge in [0.05, 0.1) is 0 Å². The molecule has 74 valence electrons. The number of rotatable bonds is 0. The SMILES string of the molecule is C[C@@]12CCCC[C@@H]1Nc1ccccc12. The predicted molar refractivity (Wildman–Crippen MR) is 59.7 cm³/mol. The van der Waals surface area contributed by atoms with Gasteiger partial charge in [-0.1, -0.05) is 38.0 Å². The lowest BCUT2D eigenvalue weighted by atomic mass is 9.70. The summed E-state index contributed by atoms with van der Waals surface area (Å²) in [5.74, 6) is 0. The van der Waals surface area contributed by atoms with Crippen molar-refractivity contribution in [2.24, 2.45) is 0 Å². The van der Waals surface area contributed by atoms with Gasteiger partial charge in [0.2, 0.25) is 0 Å². The maximum atomic E-state index is 3.68. The van der Waals surface area contributed by atoms with Crippen LogP contribution in [0.25, 0.3) is 0 Å². The lowest BCUT2D eigenvalue weighted by molar-refractivity contribution is 0.305. The van der Waals surface area contributed by atoms with Gasteiger partial charge in [0.25, 0.3) is 0 Å². The minimum absolute atomic E-state index is 0.412. The third-order valence-electron chi connectivity index (χ3n) is 4.08. The summed E-state index contributed by atoms with van der Waals surface area (Å²) < 4.78 is 0. The molecule has 0 saturated heterocycles. The molecule has 1 saturated carbocycles. The minimum atomic E-state index is 0.412. The van der Waals surface area contributed by atoms with E-state index in [0.29, 0.717) is 11.5 Å². The number of benzene rings is 1. The Morgan fingerprint density at radius 3 is 3.07 bits per heavy atom. The first-order valence-corrected chi connectivity index (χ1v) is 5.67. The Bertz CT molecular complexity index is 358. The van der Waals surface area contributed by atoms with Gasteiger partial charge in [0.15, 0.2) is 0 Å². The van der Waals surface area contributed by atoms with E-state index in [0.717, 1.165) is 0 Å². The van der Waals surface area contributed by atoms with Crippen LogP contribution in [0, 0.1) is 0 Å². The van der Waals surface area contributed by atoms with Gasteiger partial charge in [-0.25, -0.2) is 0 Å². The molecule has 1 aromatic carbocycles. The summed E-state index contributed by atoms with van der Waals surface area (Å²) in [7, 11) is 0. The molecule has 3 rings (SSSR count). The average molecular weight is 187 g/mol. The summed E-state index contributed by atoms with van der Waals surface area (Å²) in [5.41, 5.74) is 3.33. The van der Waals surface area contributed by atoms with Gasteiger partial charge >= 0.3 is 0 Å². The van der Waals surface area contributed by atoms with Gasteiger partial charge in [-0.3, -0.25) is 0 Å². The van der Waals surface area contributed by atoms with Crippen molar-refractivity contribution < 1.29 is 0 Å². The summed E-state index contributed by atoms with van der Waals surface area (Å²) in [6.45, 7) is 2.43. The fourth-order valence-corrected chi connectivity index (χ4v) is 3.18. The molecule has 1 aliphatic carbocycles. The van der Waals surface area contributed by atoms with Gasteiger partial charge in [0.1, 0.15) is 0 Å². The van der Waals surface area contributed by atoms with Crippen LogP contribution in [0.15, 0.2) is 24.3 Å². The van der Waals surface area contributed by atoms with E-state index in [1.54, 1.807) is 5.56 Å². The van der Waals surface area contributed by atoms with Gasteiger partial charge in [-0.05, 0) is 24.5 Å². The van der Waals surface area contributed by atoms with E-state index in [-0.39, 0.29) is 0 Å². The van der Waals surface area contributed by atoms with Gasteiger partial charge in [-0.2, -0.15) is 0 Å². The van der Waals surface area contributed by atoms with Crippen molar-refractivity contribution in [3.8, 4) is 0 Å². The fourth-order valence-electron chi connectivity index (χ4n) is 3.18. The van der Waals surface area contributed by atoms with Crippen LogP contribution in [0.3, 0.4) is 0 Å². The third-order valence-corrected chi connectivity index (χ3v) is 4.08. The largest absolute Gasteiger partial charge is 0.381 e. The van der Waals surface area contributed by atoms with Crippen molar-refractivity contribution in [2.75, 3.05) is 5.32 Å². The molecular weight excluding hydrogens is 170 g/mol. The van der Waals surface area contributed by atoms with E-state index in [9.17, 15) is 0 Å². The van der Waals surface area contributed by atoms with E-state index in [1.165, 1.54) is 31.4 Å². The molecule has 0 spiro atoms. The molecule has 14 heavy (non-hydrogen) atoms. The highest BCUT2D eigenvalue weighted by Gasteiger charge is 2.43.